The van der Waals surface area contributed by atoms with Crippen molar-refractivity contribution in [2.45, 2.75) is 25.7 Å². The van der Waals surface area contributed by atoms with Crippen LogP contribution in [0.1, 0.15) is 29.9 Å². The molecule has 0 bridgehead atoms. The molecule has 1 amide bonds. The lowest BCUT2D eigenvalue weighted by Crippen LogP contribution is -2.22. The van der Waals surface area contributed by atoms with E-state index in [9.17, 15) is 9.59 Å². The number of anilines is 1. The third kappa shape index (κ3) is 3.20. The quantitative estimate of drug-likeness (QED) is 0.759. The van der Waals surface area contributed by atoms with Crippen LogP contribution >= 0.6 is 0 Å². The van der Waals surface area contributed by atoms with Crippen LogP contribution in [0.25, 0.3) is 10.9 Å². The molecule has 0 saturated heterocycles. The minimum atomic E-state index is -0.117. The second-order valence-corrected chi connectivity index (χ2v) is 6.80. The third-order valence-corrected chi connectivity index (χ3v) is 4.83. The van der Waals surface area contributed by atoms with Crippen molar-refractivity contribution in [3.63, 3.8) is 0 Å². The van der Waals surface area contributed by atoms with Crippen LogP contribution < -0.4 is 10.9 Å². The monoisotopic (exact) mass is 332 g/mol. The standard InChI is InChI=1S/C21H20N2O2/c1-13-11-16-9-10-17(12-18(16)23-20(13)24)22-21(25)19(15-7-8-15)14-5-3-2-4-6-14/h2-6,9-12,15,19H,7-8H2,1H3,(H,22,25)(H,23,24). The summed E-state index contributed by atoms with van der Waals surface area (Å²) in [7, 11) is 0. The van der Waals surface area contributed by atoms with Crippen molar-refractivity contribution in [3.05, 3.63) is 76.1 Å². The Morgan fingerprint density at radius 2 is 1.88 bits per heavy atom. The van der Waals surface area contributed by atoms with Crippen molar-refractivity contribution in [3.8, 4) is 0 Å². The lowest BCUT2D eigenvalue weighted by Gasteiger charge is -2.17. The molecule has 0 aliphatic heterocycles. The van der Waals surface area contributed by atoms with Gasteiger partial charge < -0.3 is 10.3 Å². The Labute approximate surface area is 145 Å². The third-order valence-electron chi connectivity index (χ3n) is 4.83. The number of aromatic amines is 1. The Morgan fingerprint density at radius 1 is 1.12 bits per heavy atom. The number of rotatable bonds is 4. The first-order chi connectivity index (χ1) is 12.1. The molecule has 1 unspecified atom stereocenters. The zero-order valence-corrected chi connectivity index (χ0v) is 14.1. The van der Waals surface area contributed by atoms with Gasteiger partial charge in [-0.05, 0) is 54.8 Å². The number of aryl methyl sites for hydroxylation is 1. The molecule has 1 saturated carbocycles. The number of nitrogens with one attached hydrogen (secondary N) is 2. The summed E-state index contributed by atoms with van der Waals surface area (Å²) in [5.41, 5.74) is 3.08. The summed E-state index contributed by atoms with van der Waals surface area (Å²) in [6, 6.07) is 17.4. The first-order valence-electron chi connectivity index (χ1n) is 8.61. The summed E-state index contributed by atoms with van der Waals surface area (Å²) in [6.07, 6.45) is 2.19. The Bertz CT molecular complexity index is 988. The van der Waals surface area contributed by atoms with Gasteiger partial charge in [0.1, 0.15) is 0 Å². The number of H-pyrrole nitrogens is 1. The van der Waals surface area contributed by atoms with E-state index in [1.807, 2.05) is 54.6 Å². The Hall–Kier alpha value is -2.88. The first-order valence-corrected chi connectivity index (χ1v) is 8.61. The highest BCUT2D eigenvalue weighted by atomic mass is 16.2. The molecule has 4 rings (SSSR count). The molecular weight excluding hydrogens is 312 g/mol. The van der Waals surface area contributed by atoms with E-state index in [0.29, 0.717) is 17.2 Å². The molecule has 4 heteroatoms. The van der Waals surface area contributed by atoms with Crippen LogP contribution in [0.2, 0.25) is 0 Å². The maximum atomic E-state index is 12.9. The van der Waals surface area contributed by atoms with E-state index in [1.165, 1.54) is 0 Å². The fourth-order valence-electron chi connectivity index (χ4n) is 3.34. The van der Waals surface area contributed by atoms with Crippen molar-refractivity contribution in [1.82, 2.24) is 4.98 Å². The molecule has 25 heavy (non-hydrogen) atoms. The molecule has 0 radical (unpaired) electrons. The fraction of sp³-hybridized carbons (Fsp3) is 0.238. The van der Waals surface area contributed by atoms with Crippen molar-refractivity contribution in [2.24, 2.45) is 5.92 Å². The van der Waals surface area contributed by atoms with Gasteiger partial charge in [0, 0.05) is 11.3 Å². The number of carbonyl (C=O) groups is 1. The molecule has 0 spiro atoms. The van der Waals surface area contributed by atoms with E-state index in [-0.39, 0.29) is 17.4 Å². The van der Waals surface area contributed by atoms with Gasteiger partial charge in [-0.2, -0.15) is 0 Å². The van der Waals surface area contributed by atoms with Gasteiger partial charge in [-0.25, -0.2) is 0 Å². The van der Waals surface area contributed by atoms with Crippen LogP contribution in [0, 0.1) is 12.8 Å². The lowest BCUT2D eigenvalue weighted by molar-refractivity contribution is -0.118. The molecular formula is C21H20N2O2. The summed E-state index contributed by atoms with van der Waals surface area (Å²) in [5, 5.41) is 3.98. The second kappa shape index (κ2) is 6.20. The number of pyridine rings is 1. The van der Waals surface area contributed by atoms with Crippen LogP contribution in [0.4, 0.5) is 5.69 Å². The molecule has 1 aromatic heterocycles. The number of benzene rings is 2. The SMILES string of the molecule is Cc1cc2ccc(NC(=O)C(c3ccccc3)C3CC3)cc2[nH]c1=O. The van der Waals surface area contributed by atoms with Gasteiger partial charge in [-0.3, -0.25) is 9.59 Å². The zero-order chi connectivity index (χ0) is 17.4. The van der Waals surface area contributed by atoms with Gasteiger partial charge in [0.2, 0.25) is 5.91 Å². The summed E-state index contributed by atoms with van der Waals surface area (Å²) in [5.74, 6) is 0.321. The van der Waals surface area contributed by atoms with Crippen molar-refractivity contribution in [1.29, 1.82) is 0 Å². The predicted molar refractivity (Wildman–Crippen MR) is 99.8 cm³/mol. The highest BCUT2D eigenvalue weighted by Gasteiger charge is 2.37. The number of amides is 1. The van der Waals surface area contributed by atoms with Crippen molar-refractivity contribution in [2.75, 3.05) is 5.32 Å². The van der Waals surface area contributed by atoms with Crippen LogP contribution in [0.5, 0.6) is 0 Å². The van der Waals surface area contributed by atoms with Crippen LogP contribution in [0.3, 0.4) is 0 Å². The molecule has 4 nitrogen and oxygen atoms in total. The Morgan fingerprint density at radius 3 is 2.60 bits per heavy atom. The summed E-state index contributed by atoms with van der Waals surface area (Å²) in [4.78, 5) is 27.5. The average molecular weight is 332 g/mol. The maximum Gasteiger partial charge on any atom is 0.251 e. The van der Waals surface area contributed by atoms with Crippen molar-refractivity contribution < 1.29 is 4.79 Å². The van der Waals surface area contributed by atoms with Gasteiger partial charge in [-0.1, -0.05) is 36.4 Å². The van der Waals surface area contributed by atoms with E-state index in [4.69, 9.17) is 0 Å². The zero-order valence-electron chi connectivity index (χ0n) is 14.1. The molecule has 1 aliphatic carbocycles. The summed E-state index contributed by atoms with van der Waals surface area (Å²) in [6.45, 7) is 1.79. The topological polar surface area (TPSA) is 62.0 Å². The van der Waals surface area contributed by atoms with E-state index in [0.717, 1.165) is 29.3 Å². The normalized spacial score (nSPS) is 15.1. The summed E-state index contributed by atoms with van der Waals surface area (Å²) < 4.78 is 0. The fourth-order valence-corrected chi connectivity index (χ4v) is 3.34. The van der Waals surface area contributed by atoms with Gasteiger partial charge >= 0.3 is 0 Å². The second-order valence-electron chi connectivity index (χ2n) is 6.80. The van der Waals surface area contributed by atoms with Crippen LogP contribution in [-0.2, 0) is 4.79 Å². The van der Waals surface area contributed by atoms with Crippen molar-refractivity contribution >= 4 is 22.5 Å². The summed E-state index contributed by atoms with van der Waals surface area (Å²) >= 11 is 0. The highest BCUT2D eigenvalue weighted by Crippen LogP contribution is 2.43. The number of fused-ring (bicyclic) bond motifs is 1. The number of carbonyl (C=O) groups excluding carboxylic acids is 1. The smallest absolute Gasteiger partial charge is 0.251 e. The van der Waals surface area contributed by atoms with Gasteiger partial charge in [0.25, 0.3) is 5.56 Å². The number of hydrogen-bond acceptors (Lipinski definition) is 2. The first kappa shape index (κ1) is 15.6. The number of hydrogen-bond donors (Lipinski definition) is 2. The molecule has 2 N–H and O–H groups in total. The van der Waals surface area contributed by atoms with Crippen LogP contribution in [0.15, 0.2) is 59.4 Å². The number of aromatic nitrogens is 1. The molecule has 1 atom stereocenters. The Kier molecular flexibility index (Phi) is 3.88. The van der Waals surface area contributed by atoms with Gasteiger partial charge in [0.05, 0.1) is 11.4 Å². The van der Waals surface area contributed by atoms with Crippen LogP contribution in [-0.4, -0.2) is 10.9 Å². The minimum Gasteiger partial charge on any atom is -0.325 e. The molecule has 2 aromatic carbocycles. The Balaban J connectivity index is 1.62. The maximum absolute atomic E-state index is 12.9. The largest absolute Gasteiger partial charge is 0.325 e. The lowest BCUT2D eigenvalue weighted by atomic mass is 9.93. The minimum absolute atomic E-state index is 0.0162. The van der Waals surface area contributed by atoms with E-state index in [1.54, 1.807) is 6.92 Å². The van der Waals surface area contributed by atoms with Gasteiger partial charge in [-0.15, -0.1) is 0 Å². The molecule has 3 aromatic rings. The molecule has 1 heterocycles. The predicted octanol–water partition coefficient (Wildman–Crippen LogP) is 3.97. The average Bonchev–Trinajstić information content (AvgIpc) is 3.42. The molecule has 126 valence electrons. The van der Waals surface area contributed by atoms with Gasteiger partial charge in [0.15, 0.2) is 0 Å². The highest BCUT2D eigenvalue weighted by molar-refractivity contribution is 5.98. The molecule has 1 fully saturated rings. The van der Waals surface area contributed by atoms with E-state index < -0.39 is 0 Å². The molecule has 1 aliphatic rings. The van der Waals surface area contributed by atoms with E-state index in [2.05, 4.69) is 10.3 Å². The van der Waals surface area contributed by atoms with E-state index >= 15 is 0 Å².